The van der Waals surface area contributed by atoms with E-state index in [0.29, 0.717) is 33.4 Å². The average Bonchev–Trinajstić information content (AvgIpc) is 0.974. The van der Waals surface area contributed by atoms with Gasteiger partial charge in [-0.05, 0) is 144 Å². The van der Waals surface area contributed by atoms with Crippen molar-refractivity contribution < 1.29 is 37.0 Å². The van der Waals surface area contributed by atoms with Gasteiger partial charge in [0, 0.05) is 72.4 Å². The Morgan fingerprint density at radius 1 is 0.305 bits per heavy atom. The van der Waals surface area contributed by atoms with Crippen molar-refractivity contribution in [1.29, 1.82) is 0 Å². The molecule has 0 N–H and O–H groups in total. The normalized spacial score (nSPS) is 17.0. The van der Waals surface area contributed by atoms with Gasteiger partial charge in [0.25, 0.3) is 6.71 Å². The van der Waals surface area contributed by atoms with Gasteiger partial charge in [-0.1, -0.05) is 286 Å². The van der Waals surface area contributed by atoms with Crippen LogP contribution in [0.1, 0.15) is 116 Å². The summed E-state index contributed by atoms with van der Waals surface area (Å²) in [6.45, 7) is 16.5. The van der Waals surface area contributed by atoms with E-state index in [1.165, 1.54) is 6.07 Å². The summed E-state index contributed by atoms with van der Waals surface area (Å²) in [7, 11) is 0. The third-order valence-electron chi connectivity index (χ3n) is 18.4. The Morgan fingerprint density at radius 3 is 1.14 bits per heavy atom. The monoisotopic (exact) mass is 1250 g/mol. The van der Waals surface area contributed by atoms with E-state index in [1.807, 2.05) is 153 Å². The molecular formula is C90H75BN4. The van der Waals surface area contributed by atoms with Crippen LogP contribution in [0.5, 0.6) is 0 Å². The zero-order chi connectivity index (χ0) is 88.1. The Bertz CT molecular complexity index is 7010. The highest BCUT2D eigenvalue weighted by Gasteiger charge is 2.45. The first kappa shape index (κ1) is 36.0. The Labute approximate surface area is 596 Å². The fourth-order valence-corrected chi connectivity index (χ4v) is 13.7. The lowest BCUT2D eigenvalue weighted by Crippen LogP contribution is -2.61. The first-order valence-electron chi connectivity index (χ1n) is 45.0. The van der Waals surface area contributed by atoms with Crippen molar-refractivity contribution in [3.8, 4) is 55.9 Å². The number of hydrogen-bond donors (Lipinski definition) is 0. The number of hydrogen-bond acceptors (Lipinski definition) is 2. The zero-order valence-electron chi connectivity index (χ0n) is 80.5. The SMILES string of the molecule is [2H]c1c([2H])c([2H])c(-c2cc3c4c(c2)N(c2c(-c5cccc(C(C)(C)C)c5)cccc2-c2cccc(C(C)(C)C)c2)c2c([2H])c(-n5c6c([2H])c([2H])c([2H])c([2H])c6c6c([2H])c([2H])c([2H])c([2H])c65)c([2H])c([2H])c2B4c2c([2H])c([2H])c(-n4c5c([2H])c([2H])c([2H])c([2H])c5c5c([2H])c([2H])c([2H])c([2H])c54)c([2H])c2N3c2ccccc2-c2cccc(C(C)(C)C)c2)c([2H])c1[2H]. The topological polar surface area (TPSA) is 16.3 Å². The second-order valence-electron chi connectivity index (χ2n) is 27.3. The van der Waals surface area contributed by atoms with E-state index in [1.54, 1.807) is 40.1 Å². The molecule has 2 aliphatic heterocycles. The van der Waals surface area contributed by atoms with Gasteiger partial charge in [0.2, 0.25) is 0 Å². The molecule has 2 aromatic heterocycles. The molecule has 0 radical (unpaired) electrons. The van der Waals surface area contributed by atoms with Gasteiger partial charge in [0.15, 0.2) is 0 Å². The molecule has 0 fully saturated rings. The summed E-state index contributed by atoms with van der Waals surface area (Å²) < 4.78 is 268. The van der Waals surface area contributed by atoms with E-state index in [4.69, 9.17) is 6.85 Å². The number of nitrogens with zero attached hydrogens (tertiary/aromatic N) is 4. The van der Waals surface area contributed by atoms with Gasteiger partial charge in [-0.15, -0.1) is 0 Å². The maximum atomic E-state index is 11.7. The van der Waals surface area contributed by atoms with Crippen molar-refractivity contribution in [3.05, 3.63) is 307 Å². The Balaban J connectivity index is 1.17. The predicted octanol–water partition coefficient (Wildman–Crippen LogP) is 22.5. The minimum absolute atomic E-state index is 0.0288. The molecule has 458 valence electrons. The maximum Gasteiger partial charge on any atom is 0.252 e. The van der Waals surface area contributed by atoms with Crippen LogP contribution in [0.2, 0.25) is 0 Å². The Kier molecular flexibility index (Phi) is 8.28. The fraction of sp³-hybridized carbons (Fsp3) is 0.133. The first-order valence-corrected chi connectivity index (χ1v) is 31.5. The van der Waals surface area contributed by atoms with Crippen molar-refractivity contribution in [1.82, 2.24) is 9.13 Å². The van der Waals surface area contributed by atoms with Crippen molar-refractivity contribution in [2.75, 3.05) is 9.80 Å². The van der Waals surface area contributed by atoms with Crippen LogP contribution in [0.4, 0.5) is 34.1 Å². The molecule has 17 rings (SSSR count). The summed E-state index contributed by atoms with van der Waals surface area (Å²) in [4.78, 5) is 3.25. The van der Waals surface area contributed by atoms with E-state index < -0.39 is 241 Å². The van der Waals surface area contributed by atoms with Crippen LogP contribution in [0.3, 0.4) is 0 Å². The quantitative estimate of drug-likeness (QED) is 0.141. The number of rotatable bonds is 8. The highest BCUT2D eigenvalue weighted by molar-refractivity contribution is 7.00. The molecule has 0 bridgehead atoms. The van der Waals surface area contributed by atoms with Crippen LogP contribution >= 0.6 is 0 Å². The van der Waals surface area contributed by atoms with Crippen LogP contribution < -0.4 is 26.2 Å². The molecule has 13 aromatic carbocycles. The third kappa shape index (κ3) is 9.49. The number of benzene rings is 13. The van der Waals surface area contributed by atoms with Gasteiger partial charge < -0.3 is 18.9 Å². The van der Waals surface area contributed by atoms with Gasteiger partial charge >= 0.3 is 0 Å². The molecule has 15 aromatic rings. The lowest BCUT2D eigenvalue weighted by molar-refractivity contribution is 0.590. The average molecular weight is 1250 g/mol. The van der Waals surface area contributed by atoms with Crippen LogP contribution in [0, 0.1) is 0 Å². The first-order chi connectivity index (χ1) is 57.3. The summed E-state index contributed by atoms with van der Waals surface area (Å²) in [5.74, 6) is 0. The van der Waals surface area contributed by atoms with Crippen molar-refractivity contribution in [3.63, 3.8) is 0 Å². The summed E-state index contributed by atoms with van der Waals surface area (Å²) in [6, 6.07) is 17.5. The van der Waals surface area contributed by atoms with E-state index >= 15 is 0 Å². The summed E-state index contributed by atoms with van der Waals surface area (Å²) in [5, 5.41) is -1.70. The molecular weight excluding hydrogens is 1150 g/mol. The molecule has 0 saturated carbocycles. The zero-order valence-corrected chi connectivity index (χ0v) is 53.5. The molecule has 2 aliphatic rings. The highest BCUT2D eigenvalue weighted by Crippen LogP contribution is 2.53. The van der Waals surface area contributed by atoms with Gasteiger partial charge in [0.05, 0.1) is 70.5 Å². The fourth-order valence-electron chi connectivity index (χ4n) is 13.7. The third-order valence-corrected chi connectivity index (χ3v) is 18.4. The van der Waals surface area contributed by atoms with Gasteiger partial charge in [-0.25, -0.2) is 0 Å². The maximum absolute atomic E-state index is 11.7. The molecule has 0 saturated heterocycles. The van der Waals surface area contributed by atoms with Crippen molar-refractivity contribution >= 4 is 101 Å². The molecule has 5 heteroatoms. The number of fused-ring (bicyclic) bond motifs is 10. The molecule has 0 amide bonds. The largest absolute Gasteiger partial charge is 0.311 e. The summed E-state index contributed by atoms with van der Waals surface area (Å²) >= 11 is 0. The van der Waals surface area contributed by atoms with Crippen molar-refractivity contribution in [2.45, 2.75) is 78.6 Å². The molecule has 0 atom stereocenters. The number of aromatic nitrogens is 2. The lowest BCUT2D eigenvalue weighted by atomic mass is 9.33. The highest BCUT2D eigenvalue weighted by atomic mass is 15.2. The molecule has 0 unspecified atom stereocenters. The summed E-state index contributed by atoms with van der Waals surface area (Å²) in [6.07, 6.45) is 0. The molecule has 4 nitrogen and oxygen atoms in total. The van der Waals surface area contributed by atoms with Crippen LogP contribution in [-0.4, -0.2) is 15.8 Å². The van der Waals surface area contributed by atoms with Crippen LogP contribution in [-0.2, 0) is 16.2 Å². The van der Waals surface area contributed by atoms with Crippen molar-refractivity contribution in [2.24, 2.45) is 0 Å². The van der Waals surface area contributed by atoms with E-state index in [2.05, 4.69) is 0 Å². The molecule has 0 aliphatic carbocycles. The number of para-hydroxylation sites is 6. The summed E-state index contributed by atoms with van der Waals surface area (Å²) in [5.41, 5.74) is -0.739. The van der Waals surface area contributed by atoms with Crippen LogP contribution in [0.25, 0.3) is 99.5 Å². The smallest absolute Gasteiger partial charge is 0.252 e. The second-order valence-corrected chi connectivity index (χ2v) is 27.3. The number of anilines is 6. The minimum Gasteiger partial charge on any atom is -0.311 e. The van der Waals surface area contributed by atoms with Gasteiger partial charge in [-0.3, -0.25) is 0 Å². The molecule has 95 heavy (non-hydrogen) atoms. The van der Waals surface area contributed by atoms with E-state index in [-0.39, 0.29) is 61.6 Å². The van der Waals surface area contributed by atoms with Gasteiger partial charge in [-0.2, -0.15) is 0 Å². The standard InChI is InChI=1S/C90H75BN4/c1-88(2,3)63-32-23-29-59(51-63)68-35-13-18-42-77(68)94-82-56-66(92-78-43-19-14-36-71(78)72-37-15-20-44-79(72)92)47-49-75(82)91-76-50-48-67(93-80-45-21-16-38-73(80)74-39-17-22-46-81(74)93)57-83(76)95(85-55-62(54-84(94)86(85)91)58-27-11-10-12-28-58)87-69(60-30-24-33-64(52-60)89(4,5)6)40-26-41-70(87)61-31-25-34-65(53-61)90(7,8)9/h10-57H,1-9H3/i10D,11D,12D,14D,15D,16D,17D,19D,20D,21D,22D,27D,28D,36D,37D,38D,39D,43D,44D,45D,46D,47D,48D,49D,50D,56D,57D. The van der Waals surface area contributed by atoms with E-state index in [0.717, 1.165) is 25.8 Å². The minimum atomic E-state index is -1.84. The Hall–Kier alpha value is -10.9. The molecule has 4 heterocycles. The van der Waals surface area contributed by atoms with E-state index in [9.17, 15) is 30.2 Å². The van der Waals surface area contributed by atoms with Crippen LogP contribution in [0.15, 0.2) is 291 Å². The lowest BCUT2D eigenvalue weighted by Gasteiger charge is -2.45. The Morgan fingerprint density at radius 2 is 0.684 bits per heavy atom. The second kappa shape index (κ2) is 21.9. The van der Waals surface area contributed by atoms with Gasteiger partial charge in [0.1, 0.15) is 0 Å². The molecule has 0 spiro atoms. The predicted molar refractivity (Wildman–Crippen MR) is 407 cm³/mol.